The number of aryl methyl sites for hydroxylation is 1. The number of pyridine rings is 1. The lowest BCUT2D eigenvalue weighted by molar-refractivity contribution is 0.0697. The Kier molecular flexibility index (Phi) is 3.78. The average Bonchev–Trinajstić information content (AvgIpc) is 2.73. The van der Waals surface area contributed by atoms with Crippen LogP contribution in [0.4, 0.5) is 5.82 Å². The van der Waals surface area contributed by atoms with E-state index in [4.69, 9.17) is 16.7 Å². The molecular formula is C11H10ClN3O2S. The molecule has 0 spiro atoms. The van der Waals surface area contributed by atoms with E-state index in [9.17, 15) is 4.79 Å². The Morgan fingerprint density at radius 2 is 2.33 bits per heavy atom. The van der Waals surface area contributed by atoms with Crippen LogP contribution in [0.2, 0.25) is 5.02 Å². The highest BCUT2D eigenvalue weighted by molar-refractivity contribution is 7.09. The number of carbonyl (C=O) groups is 1. The molecule has 0 radical (unpaired) electrons. The number of aromatic nitrogens is 2. The van der Waals surface area contributed by atoms with Gasteiger partial charge in [0, 0.05) is 11.1 Å². The SMILES string of the molecule is Cc1ncsc1CNc1cc(C(=O)O)c(Cl)cn1. The monoisotopic (exact) mass is 283 g/mol. The number of hydrogen-bond acceptors (Lipinski definition) is 5. The van der Waals surface area contributed by atoms with Crippen molar-refractivity contribution in [1.82, 2.24) is 9.97 Å². The number of nitrogens with one attached hydrogen (secondary N) is 1. The number of aromatic carboxylic acids is 1. The molecule has 0 amide bonds. The predicted octanol–water partition coefficient (Wildman–Crippen LogP) is 2.81. The van der Waals surface area contributed by atoms with Crippen LogP contribution in [0.15, 0.2) is 17.8 Å². The van der Waals surface area contributed by atoms with E-state index < -0.39 is 5.97 Å². The molecule has 2 aromatic heterocycles. The first-order chi connectivity index (χ1) is 8.58. The zero-order valence-electron chi connectivity index (χ0n) is 9.48. The van der Waals surface area contributed by atoms with E-state index in [1.807, 2.05) is 6.92 Å². The van der Waals surface area contributed by atoms with Crippen molar-refractivity contribution in [2.45, 2.75) is 13.5 Å². The van der Waals surface area contributed by atoms with Crippen LogP contribution in [-0.4, -0.2) is 21.0 Å². The maximum atomic E-state index is 10.9. The van der Waals surface area contributed by atoms with Crippen molar-refractivity contribution in [2.24, 2.45) is 0 Å². The van der Waals surface area contributed by atoms with Gasteiger partial charge in [0.05, 0.1) is 28.3 Å². The summed E-state index contributed by atoms with van der Waals surface area (Å²) in [5, 5.41) is 12.1. The first-order valence-electron chi connectivity index (χ1n) is 5.09. The molecule has 0 saturated heterocycles. The highest BCUT2D eigenvalue weighted by Crippen LogP contribution is 2.19. The van der Waals surface area contributed by atoms with E-state index in [1.54, 1.807) is 5.51 Å². The van der Waals surface area contributed by atoms with Gasteiger partial charge in [-0.1, -0.05) is 11.6 Å². The normalized spacial score (nSPS) is 10.3. The number of anilines is 1. The summed E-state index contributed by atoms with van der Waals surface area (Å²) in [6.07, 6.45) is 1.33. The van der Waals surface area contributed by atoms with Gasteiger partial charge in [0.2, 0.25) is 0 Å². The lowest BCUT2D eigenvalue weighted by Crippen LogP contribution is -2.04. The summed E-state index contributed by atoms with van der Waals surface area (Å²) in [5.74, 6) is -0.593. The van der Waals surface area contributed by atoms with Crippen LogP contribution >= 0.6 is 22.9 Å². The molecule has 0 aliphatic rings. The minimum absolute atomic E-state index is 0.0372. The minimum Gasteiger partial charge on any atom is -0.478 e. The van der Waals surface area contributed by atoms with E-state index >= 15 is 0 Å². The smallest absolute Gasteiger partial charge is 0.337 e. The van der Waals surface area contributed by atoms with E-state index in [1.165, 1.54) is 23.6 Å². The van der Waals surface area contributed by atoms with Gasteiger partial charge < -0.3 is 10.4 Å². The van der Waals surface area contributed by atoms with Crippen molar-refractivity contribution in [3.63, 3.8) is 0 Å². The Balaban J connectivity index is 2.13. The van der Waals surface area contributed by atoms with Gasteiger partial charge in [-0.05, 0) is 13.0 Å². The number of carboxylic acid groups (broad SMARTS) is 1. The molecule has 2 N–H and O–H groups in total. The van der Waals surface area contributed by atoms with Gasteiger partial charge in [0.15, 0.2) is 0 Å². The molecule has 0 aromatic carbocycles. The second-order valence-corrected chi connectivity index (χ2v) is 4.92. The Labute approximate surface area is 112 Å². The van der Waals surface area contributed by atoms with Gasteiger partial charge in [0.1, 0.15) is 5.82 Å². The highest BCUT2D eigenvalue weighted by atomic mass is 35.5. The zero-order valence-corrected chi connectivity index (χ0v) is 11.0. The Morgan fingerprint density at radius 1 is 1.56 bits per heavy atom. The van der Waals surface area contributed by atoms with Crippen LogP contribution < -0.4 is 5.32 Å². The van der Waals surface area contributed by atoms with Crippen LogP contribution in [0.5, 0.6) is 0 Å². The van der Waals surface area contributed by atoms with Crippen LogP contribution in [0.25, 0.3) is 0 Å². The maximum Gasteiger partial charge on any atom is 0.337 e. The molecule has 0 aliphatic heterocycles. The molecule has 2 heterocycles. The number of halogens is 1. The topological polar surface area (TPSA) is 75.1 Å². The van der Waals surface area contributed by atoms with Gasteiger partial charge in [-0.2, -0.15) is 0 Å². The van der Waals surface area contributed by atoms with E-state index in [-0.39, 0.29) is 10.6 Å². The predicted molar refractivity (Wildman–Crippen MR) is 70.4 cm³/mol. The van der Waals surface area contributed by atoms with Crippen molar-refractivity contribution in [3.05, 3.63) is 38.9 Å². The molecule has 0 bridgehead atoms. The molecule has 2 rings (SSSR count). The summed E-state index contributed by atoms with van der Waals surface area (Å²) < 4.78 is 0. The zero-order chi connectivity index (χ0) is 13.1. The summed E-state index contributed by atoms with van der Waals surface area (Å²) in [6, 6.07) is 1.42. The number of nitrogens with zero attached hydrogens (tertiary/aromatic N) is 2. The highest BCUT2D eigenvalue weighted by Gasteiger charge is 2.10. The van der Waals surface area contributed by atoms with Crippen molar-refractivity contribution in [1.29, 1.82) is 0 Å². The first kappa shape index (κ1) is 12.8. The van der Waals surface area contributed by atoms with Gasteiger partial charge >= 0.3 is 5.97 Å². The molecule has 7 heteroatoms. The van der Waals surface area contributed by atoms with E-state index in [0.29, 0.717) is 12.4 Å². The lowest BCUT2D eigenvalue weighted by Gasteiger charge is -2.06. The fraction of sp³-hybridized carbons (Fsp3) is 0.182. The Bertz CT molecular complexity index is 585. The van der Waals surface area contributed by atoms with Crippen molar-refractivity contribution in [2.75, 3.05) is 5.32 Å². The maximum absolute atomic E-state index is 10.9. The van der Waals surface area contributed by atoms with Gasteiger partial charge in [-0.3, -0.25) is 0 Å². The summed E-state index contributed by atoms with van der Waals surface area (Å²) in [7, 11) is 0. The van der Waals surface area contributed by atoms with Gasteiger partial charge in [0.25, 0.3) is 0 Å². The number of hydrogen-bond donors (Lipinski definition) is 2. The van der Waals surface area contributed by atoms with E-state index in [0.717, 1.165) is 10.6 Å². The fourth-order valence-corrected chi connectivity index (χ4v) is 2.27. The number of thiazole rings is 1. The van der Waals surface area contributed by atoms with Crippen molar-refractivity contribution < 1.29 is 9.90 Å². The third kappa shape index (κ3) is 2.77. The molecule has 0 aliphatic carbocycles. The van der Waals surface area contributed by atoms with Crippen molar-refractivity contribution >= 4 is 34.7 Å². The molecule has 0 saturated carbocycles. The number of carboxylic acids is 1. The van der Waals surface area contributed by atoms with Crippen LogP contribution in [0.1, 0.15) is 20.9 Å². The van der Waals surface area contributed by atoms with Gasteiger partial charge in [-0.15, -0.1) is 11.3 Å². The second-order valence-electron chi connectivity index (χ2n) is 3.57. The number of rotatable bonds is 4. The van der Waals surface area contributed by atoms with Gasteiger partial charge in [-0.25, -0.2) is 14.8 Å². The fourth-order valence-electron chi connectivity index (χ4n) is 1.37. The Hall–Kier alpha value is -1.66. The molecular weight excluding hydrogens is 274 g/mol. The standard InChI is InChI=1S/C11H10ClN3O2S/c1-6-9(18-5-15-6)4-14-10-2-7(11(16)17)8(12)3-13-10/h2-3,5H,4H2,1H3,(H,13,14)(H,16,17). The van der Waals surface area contributed by atoms with Crippen LogP contribution in [0, 0.1) is 6.92 Å². The second kappa shape index (κ2) is 5.32. The molecule has 0 atom stereocenters. The van der Waals surface area contributed by atoms with Crippen molar-refractivity contribution in [3.8, 4) is 0 Å². The first-order valence-corrected chi connectivity index (χ1v) is 6.35. The lowest BCUT2D eigenvalue weighted by atomic mass is 10.2. The third-order valence-electron chi connectivity index (χ3n) is 2.36. The van der Waals surface area contributed by atoms with Crippen LogP contribution in [-0.2, 0) is 6.54 Å². The molecule has 0 unspecified atom stereocenters. The third-order valence-corrected chi connectivity index (χ3v) is 3.60. The average molecular weight is 284 g/mol. The van der Waals surface area contributed by atoms with E-state index in [2.05, 4.69) is 15.3 Å². The Morgan fingerprint density at radius 3 is 2.94 bits per heavy atom. The molecule has 0 fully saturated rings. The quantitative estimate of drug-likeness (QED) is 0.902. The summed E-state index contributed by atoms with van der Waals surface area (Å²) in [5.41, 5.74) is 2.76. The molecule has 2 aromatic rings. The molecule has 18 heavy (non-hydrogen) atoms. The largest absolute Gasteiger partial charge is 0.478 e. The minimum atomic E-state index is -1.07. The molecule has 94 valence electrons. The molecule has 5 nitrogen and oxygen atoms in total. The van der Waals surface area contributed by atoms with Crippen LogP contribution in [0.3, 0.4) is 0 Å². The summed E-state index contributed by atoms with van der Waals surface area (Å²) in [6.45, 7) is 2.48. The summed E-state index contributed by atoms with van der Waals surface area (Å²) in [4.78, 5) is 20.2. The summed E-state index contributed by atoms with van der Waals surface area (Å²) >= 11 is 7.28.